The Hall–Kier alpha value is -2.82. The van der Waals surface area contributed by atoms with Crippen molar-refractivity contribution in [3.8, 4) is 0 Å². The van der Waals surface area contributed by atoms with Crippen LogP contribution in [0.4, 0.5) is 11.4 Å². The lowest BCUT2D eigenvalue weighted by Crippen LogP contribution is -2.29. The van der Waals surface area contributed by atoms with Gasteiger partial charge in [0.25, 0.3) is 5.91 Å². The van der Waals surface area contributed by atoms with Crippen LogP contribution in [0.3, 0.4) is 0 Å². The number of nitrogens with zero attached hydrogens (tertiary/aromatic N) is 4. The number of para-hydroxylation sites is 1. The van der Waals surface area contributed by atoms with Gasteiger partial charge >= 0.3 is 0 Å². The maximum absolute atomic E-state index is 12.4. The first kappa shape index (κ1) is 13.2. The minimum atomic E-state index is -0.648. The number of azo groups is 1. The molecule has 3 rings (SSSR count). The van der Waals surface area contributed by atoms with Crippen LogP contribution in [0.25, 0.3) is 0 Å². The summed E-state index contributed by atoms with van der Waals surface area (Å²) in [5.41, 5.74) is 2.10. The van der Waals surface area contributed by atoms with Gasteiger partial charge in [-0.15, -0.1) is 0 Å². The zero-order chi connectivity index (χ0) is 14.7. The molecular weight excluding hydrogens is 264 g/mol. The largest absolute Gasteiger partial charge is 0.280 e. The highest BCUT2D eigenvalue weighted by atomic mass is 16.2. The minimum Gasteiger partial charge on any atom is -0.269 e. The highest BCUT2D eigenvalue weighted by Crippen LogP contribution is 2.22. The van der Waals surface area contributed by atoms with Crippen LogP contribution in [0.15, 0.2) is 76.0 Å². The third-order valence-corrected chi connectivity index (χ3v) is 3.14. The molecule has 5 heteroatoms. The van der Waals surface area contributed by atoms with Gasteiger partial charge in [-0.05, 0) is 31.2 Å². The molecule has 1 aliphatic rings. The van der Waals surface area contributed by atoms with E-state index in [4.69, 9.17) is 0 Å². The van der Waals surface area contributed by atoms with Gasteiger partial charge in [0.15, 0.2) is 6.04 Å². The lowest BCUT2D eigenvalue weighted by molar-refractivity contribution is -0.117. The van der Waals surface area contributed by atoms with Gasteiger partial charge in [-0.3, -0.25) is 4.79 Å². The highest BCUT2D eigenvalue weighted by molar-refractivity contribution is 6.18. The van der Waals surface area contributed by atoms with Crippen LogP contribution in [0.2, 0.25) is 0 Å². The molecule has 2 aromatic rings. The Labute approximate surface area is 122 Å². The van der Waals surface area contributed by atoms with Crippen LogP contribution < -0.4 is 5.01 Å². The summed E-state index contributed by atoms with van der Waals surface area (Å²) in [6, 6.07) is 18.0. The molecule has 21 heavy (non-hydrogen) atoms. The second-order valence-corrected chi connectivity index (χ2v) is 4.68. The van der Waals surface area contributed by atoms with Gasteiger partial charge in [0, 0.05) is 0 Å². The SMILES string of the molecule is CC1=NN(c2ccccc2)C(=O)[C@@H]1N=Nc1ccccc1. The second kappa shape index (κ2) is 5.66. The molecule has 0 aliphatic carbocycles. The van der Waals surface area contributed by atoms with Crippen LogP contribution in [0.1, 0.15) is 6.92 Å². The van der Waals surface area contributed by atoms with Crippen LogP contribution >= 0.6 is 0 Å². The highest BCUT2D eigenvalue weighted by Gasteiger charge is 2.34. The Morgan fingerprint density at radius 2 is 1.62 bits per heavy atom. The molecule has 0 N–H and O–H groups in total. The smallest absolute Gasteiger partial charge is 0.269 e. The van der Waals surface area contributed by atoms with E-state index >= 15 is 0 Å². The summed E-state index contributed by atoms with van der Waals surface area (Å²) < 4.78 is 0. The van der Waals surface area contributed by atoms with Crippen molar-refractivity contribution in [3.63, 3.8) is 0 Å². The molecular formula is C16H14N4O. The Kier molecular flexibility index (Phi) is 3.55. The number of hydrogen-bond acceptors (Lipinski definition) is 4. The molecule has 1 atom stereocenters. The summed E-state index contributed by atoms with van der Waals surface area (Å²) in [4.78, 5) is 12.4. The zero-order valence-corrected chi connectivity index (χ0v) is 11.5. The topological polar surface area (TPSA) is 57.4 Å². The first-order valence-corrected chi connectivity index (χ1v) is 6.66. The van der Waals surface area contributed by atoms with Crippen molar-refractivity contribution >= 4 is 23.0 Å². The number of hydrazone groups is 1. The molecule has 0 saturated heterocycles. The predicted octanol–water partition coefficient (Wildman–Crippen LogP) is 3.56. The van der Waals surface area contributed by atoms with E-state index in [1.54, 1.807) is 6.92 Å². The quantitative estimate of drug-likeness (QED) is 0.792. The predicted molar refractivity (Wildman–Crippen MR) is 81.8 cm³/mol. The van der Waals surface area contributed by atoms with Crippen molar-refractivity contribution in [2.75, 3.05) is 5.01 Å². The lowest BCUT2D eigenvalue weighted by Gasteiger charge is -2.11. The molecule has 0 radical (unpaired) electrons. The van der Waals surface area contributed by atoms with Crippen molar-refractivity contribution in [1.29, 1.82) is 0 Å². The van der Waals surface area contributed by atoms with E-state index in [0.717, 1.165) is 11.4 Å². The van der Waals surface area contributed by atoms with Gasteiger partial charge in [0.05, 0.1) is 17.1 Å². The Morgan fingerprint density at radius 1 is 1.00 bits per heavy atom. The Morgan fingerprint density at radius 3 is 2.29 bits per heavy atom. The van der Waals surface area contributed by atoms with E-state index in [1.807, 2.05) is 60.7 Å². The number of amides is 1. The maximum Gasteiger partial charge on any atom is 0.280 e. The van der Waals surface area contributed by atoms with Crippen molar-refractivity contribution in [1.82, 2.24) is 0 Å². The fourth-order valence-electron chi connectivity index (χ4n) is 2.06. The first-order valence-electron chi connectivity index (χ1n) is 6.66. The molecule has 2 aromatic carbocycles. The number of carbonyl (C=O) groups is 1. The average molecular weight is 278 g/mol. The number of anilines is 1. The average Bonchev–Trinajstić information content (AvgIpc) is 2.82. The van der Waals surface area contributed by atoms with E-state index in [-0.39, 0.29) is 5.91 Å². The first-order chi connectivity index (χ1) is 10.3. The van der Waals surface area contributed by atoms with Crippen LogP contribution in [-0.2, 0) is 4.79 Å². The Balaban J connectivity index is 1.81. The molecule has 0 saturated carbocycles. The lowest BCUT2D eigenvalue weighted by atomic mass is 10.2. The number of rotatable bonds is 3. The number of hydrogen-bond donors (Lipinski definition) is 0. The fourth-order valence-corrected chi connectivity index (χ4v) is 2.06. The van der Waals surface area contributed by atoms with Crippen LogP contribution in [0.5, 0.6) is 0 Å². The third kappa shape index (κ3) is 2.72. The van der Waals surface area contributed by atoms with E-state index in [0.29, 0.717) is 5.71 Å². The maximum atomic E-state index is 12.4. The van der Waals surface area contributed by atoms with Gasteiger partial charge in [0.1, 0.15) is 0 Å². The molecule has 0 aromatic heterocycles. The molecule has 0 unspecified atom stereocenters. The molecule has 0 fully saturated rings. The summed E-state index contributed by atoms with van der Waals surface area (Å²) in [5, 5.41) is 13.9. The van der Waals surface area contributed by atoms with Crippen LogP contribution in [0, 0.1) is 0 Å². The molecule has 0 spiro atoms. The summed E-state index contributed by atoms with van der Waals surface area (Å²) in [7, 11) is 0. The summed E-state index contributed by atoms with van der Waals surface area (Å²) >= 11 is 0. The van der Waals surface area contributed by atoms with Crippen LogP contribution in [-0.4, -0.2) is 17.7 Å². The van der Waals surface area contributed by atoms with E-state index in [1.165, 1.54) is 5.01 Å². The second-order valence-electron chi connectivity index (χ2n) is 4.68. The van der Waals surface area contributed by atoms with Gasteiger partial charge in [-0.2, -0.15) is 20.3 Å². The molecule has 1 heterocycles. The van der Waals surface area contributed by atoms with E-state index in [9.17, 15) is 4.79 Å². The number of carbonyl (C=O) groups excluding carboxylic acids is 1. The van der Waals surface area contributed by atoms with Gasteiger partial charge in [-0.25, -0.2) is 0 Å². The zero-order valence-electron chi connectivity index (χ0n) is 11.5. The Bertz CT molecular complexity index is 695. The van der Waals surface area contributed by atoms with Crippen molar-refractivity contribution < 1.29 is 4.79 Å². The summed E-state index contributed by atoms with van der Waals surface area (Å²) in [6.45, 7) is 1.79. The number of benzene rings is 2. The molecule has 1 amide bonds. The molecule has 0 bridgehead atoms. The van der Waals surface area contributed by atoms with Gasteiger partial charge in [0.2, 0.25) is 0 Å². The summed E-state index contributed by atoms with van der Waals surface area (Å²) in [5.74, 6) is -0.182. The van der Waals surface area contributed by atoms with Gasteiger partial charge in [-0.1, -0.05) is 36.4 Å². The third-order valence-electron chi connectivity index (χ3n) is 3.14. The fraction of sp³-hybridized carbons (Fsp3) is 0.125. The monoisotopic (exact) mass is 278 g/mol. The van der Waals surface area contributed by atoms with E-state index < -0.39 is 6.04 Å². The van der Waals surface area contributed by atoms with Crippen molar-refractivity contribution in [2.45, 2.75) is 13.0 Å². The molecule has 5 nitrogen and oxygen atoms in total. The summed E-state index contributed by atoms with van der Waals surface area (Å²) in [6.07, 6.45) is 0. The van der Waals surface area contributed by atoms with Crippen molar-refractivity contribution in [2.24, 2.45) is 15.3 Å². The normalized spacial score (nSPS) is 18.3. The standard InChI is InChI=1S/C16H14N4O/c1-12-15(18-17-13-8-4-2-5-9-13)16(21)20(19-12)14-10-6-3-7-11-14/h2-11,15H,1H3/t15-/m1/s1. The van der Waals surface area contributed by atoms with E-state index in [2.05, 4.69) is 15.3 Å². The molecule has 104 valence electrons. The molecule has 1 aliphatic heterocycles. The van der Waals surface area contributed by atoms with Gasteiger partial charge < -0.3 is 0 Å². The minimum absolute atomic E-state index is 0.182. The van der Waals surface area contributed by atoms with Crippen molar-refractivity contribution in [3.05, 3.63) is 60.7 Å².